The zero-order valence-corrected chi connectivity index (χ0v) is 11.3. The minimum Gasteiger partial charge on any atom is -0.478 e. The molecule has 0 aliphatic heterocycles. The number of carboxylic acids is 1. The summed E-state index contributed by atoms with van der Waals surface area (Å²) in [4.78, 5) is 11.1. The van der Waals surface area contributed by atoms with Crippen molar-refractivity contribution < 1.29 is 9.90 Å². The summed E-state index contributed by atoms with van der Waals surface area (Å²) in [6.07, 6.45) is 0. The highest BCUT2D eigenvalue weighted by molar-refractivity contribution is 7.08. The van der Waals surface area contributed by atoms with Crippen molar-refractivity contribution in [1.29, 1.82) is 0 Å². The van der Waals surface area contributed by atoms with Gasteiger partial charge in [-0.15, -0.1) is 0 Å². The van der Waals surface area contributed by atoms with Crippen molar-refractivity contribution in [2.45, 2.75) is 13.0 Å². The van der Waals surface area contributed by atoms with Gasteiger partial charge in [0.25, 0.3) is 0 Å². The van der Waals surface area contributed by atoms with Crippen LogP contribution in [0.15, 0.2) is 35.0 Å². The van der Waals surface area contributed by atoms with Crippen LogP contribution in [0.2, 0.25) is 5.02 Å². The van der Waals surface area contributed by atoms with Crippen molar-refractivity contribution in [2.24, 2.45) is 0 Å². The second-order valence-electron chi connectivity index (χ2n) is 3.92. The molecule has 0 aliphatic rings. The van der Waals surface area contributed by atoms with Gasteiger partial charge in [-0.1, -0.05) is 11.6 Å². The highest BCUT2D eigenvalue weighted by atomic mass is 35.5. The summed E-state index contributed by atoms with van der Waals surface area (Å²) in [7, 11) is 0. The largest absolute Gasteiger partial charge is 0.478 e. The predicted molar refractivity (Wildman–Crippen MR) is 74.8 cm³/mol. The molecule has 1 heterocycles. The Morgan fingerprint density at radius 3 is 2.83 bits per heavy atom. The summed E-state index contributed by atoms with van der Waals surface area (Å²) in [6.45, 7) is 1.98. The lowest BCUT2D eigenvalue weighted by atomic mass is 10.1. The van der Waals surface area contributed by atoms with Gasteiger partial charge < -0.3 is 10.4 Å². The van der Waals surface area contributed by atoms with E-state index in [-0.39, 0.29) is 11.6 Å². The van der Waals surface area contributed by atoms with Gasteiger partial charge in [0.15, 0.2) is 0 Å². The van der Waals surface area contributed by atoms with E-state index in [0.29, 0.717) is 10.7 Å². The maximum atomic E-state index is 11.1. The molecular weight excluding hydrogens is 270 g/mol. The Kier molecular flexibility index (Phi) is 3.89. The molecule has 5 heteroatoms. The number of benzene rings is 1. The van der Waals surface area contributed by atoms with Crippen LogP contribution in [-0.2, 0) is 0 Å². The number of hydrogen-bond acceptors (Lipinski definition) is 3. The molecule has 94 valence electrons. The Labute approximate surface area is 114 Å². The molecular formula is C13H12ClNO2S. The molecule has 0 spiro atoms. The van der Waals surface area contributed by atoms with E-state index in [1.165, 1.54) is 6.07 Å². The van der Waals surface area contributed by atoms with Crippen molar-refractivity contribution in [1.82, 2.24) is 0 Å². The molecule has 0 saturated carbocycles. The number of nitrogens with one attached hydrogen (secondary N) is 1. The van der Waals surface area contributed by atoms with Crippen LogP contribution in [0.3, 0.4) is 0 Å². The molecule has 1 aromatic carbocycles. The third kappa shape index (κ3) is 2.83. The number of rotatable bonds is 4. The Hall–Kier alpha value is -1.52. The van der Waals surface area contributed by atoms with Gasteiger partial charge in [-0.25, -0.2) is 4.79 Å². The average Bonchev–Trinajstić information content (AvgIpc) is 2.81. The van der Waals surface area contributed by atoms with Gasteiger partial charge in [-0.3, -0.25) is 0 Å². The lowest BCUT2D eigenvalue weighted by molar-refractivity contribution is 0.0698. The fraction of sp³-hybridized carbons (Fsp3) is 0.154. The number of thiophene rings is 1. The first-order valence-electron chi connectivity index (χ1n) is 5.39. The lowest BCUT2D eigenvalue weighted by Crippen LogP contribution is -2.10. The van der Waals surface area contributed by atoms with E-state index in [1.807, 2.05) is 23.8 Å². The van der Waals surface area contributed by atoms with Crippen LogP contribution in [0, 0.1) is 0 Å². The van der Waals surface area contributed by atoms with Crippen molar-refractivity contribution in [3.8, 4) is 0 Å². The number of aromatic carboxylic acids is 1. The summed E-state index contributed by atoms with van der Waals surface area (Å²) < 4.78 is 0. The van der Waals surface area contributed by atoms with Gasteiger partial charge in [-0.05, 0) is 47.5 Å². The predicted octanol–water partition coefficient (Wildman–Crippen LogP) is 4.27. The van der Waals surface area contributed by atoms with E-state index in [9.17, 15) is 4.79 Å². The summed E-state index contributed by atoms with van der Waals surface area (Å²) in [6, 6.07) is 6.76. The second-order valence-corrected chi connectivity index (χ2v) is 5.13. The SMILES string of the molecule is CC(Nc1cc(Cl)ccc1C(=O)O)c1ccsc1. The zero-order valence-electron chi connectivity index (χ0n) is 9.68. The molecule has 1 atom stereocenters. The lowest BCUT2D eigenvalue weighted by Gasteiger charge is -2.16. The molecule has 1 unspecified atom stereocenters. The molecule has 18 heavy (non-hydrogen) atoms. The fourth-order valence-electron chi connectivity index (χ4n) is 1.66. The van der Waals surface area contributed by atoms with Gasteiger partial charge in [0.1, 0.15) is 0 Å². The Balaban J connectivity index is 2.28. The molecule has 0 aliphatic carbocycles. The molecule has 1 aromatic heterocycles. The van der Waals surface area contributed by atoms with Gasteiger partial charge in [0, 0.05) is 11.1 Å². The van der Waals surface area contributed by atoms with Gasteiger partial charge >= 0.3 is 5.97 Å². The highest BCUT2D eigenvalue weighted by Crippen LogP contribution is 2.26. The topological polar surface area (TPSA) is 49.3 Å². The fourth-order valence-corrected chi connectivity index (χ4v) is 2.59. The summed E-state index contributed by atoms with van der Waals surface area (Å²) in [5, 5.41) is 16.8. The Bertz CT molecular complexity index is 554. The van der Waals surface area contributed by atoms with Crippen molar-refractivity contribution >= 4 is 34.6 Å². The quantitative estimate of drug-likeness (QED) is 0.880. The monoisotopic (exact) mass is 281 g/mol. The van der Waals surface area contributed by atoms with Gasteiger partial charge in [0.2, 0.25) is 0 Å². The first-order chi connectivity index (χ1) is 8.58. The maximum absolute atomic E-state index is 11.1. The molecule has 3 nitrogen and oxygen atoms in total. The van der Waals surface area contributed by atoms with Crippen LogP contribution < -0.4 is 5.32 Å². The van der Waals surface area contributed by atoms with Crippen LogP contribution in [0.1, 0.15) is 28.9 Å². The van der Waals surface area contributed by atoms with Crippen LogP contribution in [-0.4, -0.2) is 11.1 Å². The van der Waals surface area contributed by atoms with Crippen molar-refractivity contribution in [2.75, 3.05) is 5.32 Å². The van der Waals surface area contributed by atoms with Crippen LogP contribution in [0.5, 0.6) is 0 Å². The molecule has 0 amide bonds. The third-order valence-corrected chi connectivity index (χ3v) is 3.56. The van der Waals surface area contributed by atoms with E-state index in [4.69, 9.17) is 16.7 Å². The third-order valence-electron chi connectivity index (χ3n) is 2.63. The second kappa shape index (κ2) is 5.42. The molecule has 0 radical (unpaired) electrons. The first-order valence-corrected chi connectivity index (χ1v) is 6.71. The van der Waals surface area contributed by atoms with Crippen molar-refractivity contribution in [3.63, 3.8) is 0 Å². The molecule has 2 aromatic rings. The molecule has 0 saturated heterocycles. The summed E-state index contributed by atoms with van der Waals surface area (Å²) in [5.74, 6) is -0.966. The average molecular weight is 282 g/mol. The Morgan fingerprint density at radius 2 is 2.22 bits per heavy atom. The van der Waals surface area contributed by atoms with Gasteiger partial charge in [-0.2, -0.15) is 11.3 Å². The molecule has 2 rings (SSSR count). The summed E-state index contributed by atoms with van der Waals surface area (Å²) >= 11 is 7.51. The maximum Gasteiger partial charge on any atom is 0.337 e. The van der Waals surface area contributed by atoms with Crippen LogP contribution >= 0.6 is 22.9 Å². The number of hydrogen-bond donors (Lipinski definition) is 2. The Morgan fingerprint density at radius 1 is 1.44 bits per heavy atom. The summed E-state index contributed by atoms with van der Waals surface area (Å²) in [5.41, 5.74) is 1.88. The highest BCUT2D eigenvalue weighted by Gasteiger charge is 2.13. The van der Waals surface area contributed by atoms with E-state index in [2.05, 4.69) is 5.32 Å². The zero-order chi connectivity index (χ0) is 13.1. The molecule has 0 bridgehead atoms. The van der Waals surface area contributed by atoms with Crippen LogP contribution in [0.4, 0.5) is 5.69 Å². The van der Waals surface area contributed by atoms with E-state index in [0.717, 1.165) is 5.56 Å². The molecule has 2 N–H and O–H groups in total. The van der Waals surface area contributed by atoms with Crippen LogP contribution in [0.25, 0.3) is 0 Å². The number of carbonyl (C=O) groups is 1. The minimum absolute atomic E-state index is 0.0350. The van der Waals surface area contributed by atoms with Gasteiger partial charge in [0.05, 0.1) is 11.3 Å². The number of carboxylic acid groups (broad SMARTS) is 1. The first kappa shape index (κ1) is 12.9. The minimum atomic E-state index is -0.966. The van der Waals surface area contributed by atoms with E-state index < -0.39 is 5.97 Å². The smallest absolute Gasteiger partial charge is 0.337 e. The number of anilines is 1. The van der Waals surface area contributed by atoms with Crippen molar-refractivity contribution in [3.05, 3.63) is 51.2 Å². The molecule has 0 fully saturated rings. The standard InChI is InChI=1S/C13H12ClNO2S/c1-8(9-4-5-18-7-9)15-12-6-10(14)2-3-11(12)13(16)17/h2-8,15H,1H3,(H,16,17). The van der Waals surface area contributed by atoms with E-state index >= 15 is 0 Å². The normalized spacial score (nSPS) is 12.1. The van der Waals surface area contributed by atoms with E-state index in [1.54, 1.807) is 23.5 Å². The number of halogens is 1.